The third-order valence-corrected chi connectivity index (χ3v) is 3.93. The number of carbonyl (C=O) groups is 2. The highest BCUT2D eigenvalue weighted by molar-refractivity contribution is 6.01. The van der Waals surface area contributed by atoms with Crippen molar-refractivity contribution in [3.63, 3.8) is 0 Å². The van der Waals surface area contributed by atoms with Crippen LogP contribution in [0.25, 0.3) is 0 Å². The van der Waals surface area contributed by atoms with Gasteiger partial charge < -0.3 is 20.3 Å². The van der Waals surface area contributed by atoms with Crippen LogP contribution in [0.2, 0.25) is 0 Å². The van der Waals surface area contributed by atoms with Gasteiger partial charge in [-0.05, 0) is 33.6 Å². The molecule has 1 aliphatic heterocycles. The molecule has 1 fully saturated rings. The first kappa shape index (κ1) is 16.9. The Hall–Kier alpha value is -1.14. The molecule has 0 spiro atoms. The minimum absolute atomic E-state index is 0.151. The molecule has 0 bridgehead atoms. The highest BCUT2D eigenvalue weighted by atomic mass is 16.5. The van der Waals surface area contributed by atoms with E-state index in [2.05, 4.69) is 18.7 Å². The molecule has 0 aromatic carbocycles. The average molecular weight is 285 g/mol. The first-order chi connectivity index (χ1) is 9.38. The van der Waals surface area contributed by atoms with Gasteiger partial charge in [0.05, 0.1) is 6.61 Å². The van der Waals surface area contributed by atoms with E-state index < -0.39 is 12.0 Å². The van der Waals surface area contributed by atoms with Crippen molar-refractivity contribution in [3.05, 3.63) is 0 Å². The summed E-state index contributed by atoms with van der Waals surface area (Å²) in [6.07, 6.45) is 1.83. The van der Waals surface area contributed by atoms with Gasteiger partial charge in [-0.2, -0.15) is 0 Å². The second kappa shape index (κ2) is 7.59. The molecule has 1 atom stereocenters. The number of nitrogens with zero attached hydrogens (tertiary/aromatic N) is 2. The number of hydrogen-bond acceptors (Lipinski definition) is 5. The Morgan fingerprint density at radius 1 is 1.35 bits per heavy atom. The Labute approximate surface area is 121 Å². The largest absolute Gasteiger partial charge is 0.464 e. The van der Waals surface area contributed by atoms with Gasteiger partial charge in [-0.15, -0.1) is 0 Å². The lowest BCUT2D eigenvalue weighted by molar-refractivity contribution is -0.151. The van der Waals surface area contributed by atoms with Crippen LogP contribution >= 0.6 is 0 Å². The van der Waals surface area contributed by atoms with Crippen molar-refractivity contribution in [1.29, 1.82) is 0 Å². The second-order valence-electron chi connectivity index (χ2n) is 5.54. The number of rotatable bonds is 5. The number of piperidine rings is 1. The smallest absolute Gasteiger partial charge is 0.332 e. The first-order valence-electron chi connectivity index (χ1n) is 7.31. The molecule has 2 N–H and O–H groups in total. The average Bonchev–Trinajstić information content (AvgIpc) is 2.45. The van der Waals surface area contributed by atoms with Gasteiger partial charge in [0.25, 0.3) is 5.91 Å². The summed E-state index contributed by atoms with van der Waals surface area (Å²) >= 11 is 0. The Morgan fingerprint density at radius 2 is 1.90 bits per heavy atom. The van der Waals surface area contributed by atoms with Crippen molar-refractivity contribution >= 4 is 11.9 Å². The highest BCUT2D eigenvalue weighted by Crippen LogP contribution is 2.17. The molecule has 1 unspecified atom stereocenters. The van der Waals surface area contributed by atoms with Gasteiger partial charge in [-0.1, -0.05) is 0 Å². The van der Waals surface area contributed by atoms with Crippen molar-refractivity contribution < 1.29 is 14.3 Å². The first-order valence-corrected chi connectivity index (χ1v) is 7.31. The zero-order chi connectivity index (χ0) is 15.3. The minimum Gasteiger partial charge on any atom is -0.464 e. The molecule has 0 saturated carbocycles. The standard InChI is InChI=1S/C14H27N3O3/c1-5-20-14(19)12(15)13(18)16(4)11-6-8-17(9-7-11)10(2)3/h10-12H,5-9,15H2,1-4H3. The molecule has 1 rings (SSSR count). The summed E-state index contributed by atoms with van der Waals surface area (Å²) in [5.74, 6) is -1.00. The molecule has 0 aromatic heterocycles. The number of carbonyl (C=O) groups excluding carboxylic acids is 2. The van der Waals surface area contributed by atoms with Crippen molar-refractivity contribution in [2.24, 2.45) is 5.73 Å². The molecule has 0 radical (unpaired) electrons. The third-order valence-electron chi connectivity index (χ3n) is 3.93. The lowest BCUT2D eigenvalue weighted by Crippen LogP contribution is -2.53. The zero-order valence-electron chi connectivity index (χ0n) is 13.0. The number of hydrogen-bond donors (Lipinski definition) is 1. The molecule has 0 aliphatic carbocycles. The van der Waals surface area contributed by atoms with Crippen LogP contribution in [-0.4, -0.2) is 66.5 Å². The fourth-order valence-electron chi connectivity index (χ4n) is 2.52. The number of amides is 1. The van der Waals surface area contributed by atoms with Gasteiger partial charge in [0.15, 0.2) is 6.04 Å². The Bertz CT molecular complexity index is 339. The highest BCUT2D eigenvalue weighted by Gasteiger charge is 2.32. The van der Waals surface area contributed by atoms with E-state index in [1.807, 2.05) is 0 Å². The maximum absolute atomic E-state index is 12.2. The van der Waals surface area contributed by atoms with Gasteiger partial charge in [0, 0.05) is 32.2 Å². The SMILES string of the molecule is CCOC(=O)C(N)C(=O)N(C)C1CCN(C(C)C)CC1. The molecule has 1 amide bonds. The summed E-state index contributed by atoms with van der Waals surface area (Å²) in [4.78, 5) is 27.7. The second-order valence-corrected chi connectivity index (χ2v) is 5.54. The molecule has 1 aliphatic rings. The number of ether oxygens (including phenoxy) is 1. The summed E-state index contributed by atoms with van der Waals surface area (Å²) < 4.78 is 4.79. The van der Waals surface area contributed by atoms with E-state index in [1.165, 1.54) is 0 Å². The van der Waals surface area contributed by atoms with Gasteiger partial charge in [-0.3, -0.25) is 4.79 Å². The minimum atomic E-state index is -1.21. The maximum Gasteiger partial charge on any atom is 0.332 e. The van der Waals surface area contributed by atoms with Crippen LogP contribution in [0.15, 0.2) is 0 Å². The van der Waals surface area contributed by atoms with Crippen LogP contribution in [0.4, 0.5) is 0 Å². The molecular weight excluding hydrogens is 258 g/mol. The normalized spacial score (nSPS) is 18.9. The van der Waals surface area contributed by atoms with Crippen molar-refractivity contribution in [2.45, 2.75) is 51.7 Å². The number of likely N-dealkylation sites (tertiary alicyclic amines) is 1. The fourth-order valence-corrected chi connectivity index (χ4v) is 2.52. The van der Waals surface area contributed by atoms with E-state index in [-0.39, 0.29) is 18.6 Å². The predicted octanol–water partition coefficient (Wildman–Crippen LogP) is 0.208. The predicted molar refractivity (Wildman–Crippen MR) is 77.1 cm³/mol. The lowest BCUT2D eigenvalue weighted by atomic mass is 10.0. The molecule has 1 saturated heterocycles. The monoisotopic (exact) mass is 285 g/mol. The maximum atomic E-state index is 12.2. The molecule has 0 aromatic rings. The van der Waals surface area contributed by atoms with E-state index in [1.54, 1.807) is 18.9 Å². The number of esters is 1. The number of nitrogens with two attached hydrogens (primary N) is 1. The summed E-state index contributed by atoms with van der Waals surface area (Å²) in [6, 6.07) is -0.528. The Kier molecular flexibility index (Phi) is 6.42. The van der Waals surface area contributed by atoms with Crippen LogP contribution in [-0.2, 0) is 14.3 Å². The Balaban J connectivity index is 2.52. The lowest BCUT2D eigenvalue weighted by Gasteiger charge is -2.38. The molecule has 20 heavy (non-hydrogen) atoms. The van der Waals surface area contributed by atoms with Crippen LogP contribution in [0, 0.1) is 0 Å². The van der Waals surface area contributed by atoms with E-state index in [0.717, 1.165) is 25.9 Å². The quantitative estimate of drug-likeness (QED) is 0.577. The van der Waals surface area contributed by atoms with Gasteiger partial charge in [0.2, 0.25) is 0 Å². The zero-order valence-corrected chi connectivity index (χ0v) is 13.0. The fraction of sp³-hybridized carbons (Fsp3) is 0.857. The van der Waals surface area contributed by atoms with E-state index >= 15 is 0 Å². The summed E-state index contributed by atoms with van der Waals surface area (Å²) in [6.45, 7) is 8.21. The van der Waals surface area contributed by atoms with Crippen molar-refractivity contribution in [1.82, 2.24) is 9.80 Å². The van der Waals surface area contributed by atoms with Gasteiger partial charge >= 0.3 is 5.97 Å². The molecular formula is C14H27N3O3. The topological polar surface area (TPSA) is 75.9 Å². The van der Waals surface area contributed by atoms with Crippen molar-refractivity contribution in [2.75, 3.05) is 26.7 Å². The summed E-state index contributed by atoms with van der Waals surface area (Å²) in [7, 11) is 1.72. The van der Waals surface area contributed by atoms with Crippen LogP contribution in [0.3, 0.4) is 0 Å². The van der Waals surface area contributed by atoms with Crippen LogP contribution in [0.5, 0.6) is 0 Å². The van der Waals surface area contributed by atoms with Crippen molar-refractivity contribution in [3.8, 4) is 0 Å². The van der Waals surface area contributed by atoms with E-state index in [0.29, 0.717) is 6.04 Å². The van der Waals surface area contributed by atoms with Gasteiger partial charge in [0.1, 0.15) is 0 Å². The summed E-state index contributed by atoms with van der Waals surface area (Å²) in [5.41, 5.74) is 5.65. The molecule has 116 valence electrons. The third kappa shape index (κ3) is 4.18. The molecule has 6 nitrogen and oxygen atoms in total. The van der Waals surface area contributed by atoms with Gasteiger partial charge in [-0.25, -0.2) is 4.79 Å². The molecule has 1 heterocycles. The van der Waals surface area contributed by atoms with Crippen LogP contribution < -0.4 is 5.73 Å². The Morgan fingerprint density at radius 3 is 2.35 bits per heavy atom. The number of likely N-dealkylation sites (N-methyl/N-ethyl adjacent to an activating group) is 1. The van der Waals surface area contributed by atoms with E-state index in [4.69, 9.17) is 10.5 Å². The molecule has 6 heteroatoms. The van der Waals surface area contributed by atoms with Crippen LogP contribution in [0.1, 0.15) is 33.6 Å². The van der Waals surface area contributed by atoms with E-state index in [9.17, 15) is 9.59 Å². The summed E-state index contributed by atoms with van der Waals surface area (Å²) in [5, 5.41) is 0.